The lowest BCUT2D eigenvalue weighted by Gasteiger charge is -2.24. The fourth-order valence-electron chi connectivity index (χ4n) is 4.07. The highest BCUT2D eigenvalue weighted by molar-refractivity contribution is 5.39. The van der Waals surface area contributed by atoms with Crippen molar-refractivity contribution in [3.05, 3.63) is 95.8 Å². The van der Waals surface area contributed by atoms with Crippen molar-refractivity contribution in [3.8, 4) is 11.4 Å². The molecule has 1 unspecified atom stereocenters. The molecule has 146 valence electrons. The number of nitrogens with one attached hydrogen (secondary N) is 1. The predicted octanol–water partition coefficient (Wildman–Crippen LogP) is 4.36. The molecule has 0 radical (unpaired) electrons. The number of halogens is 1. The molecule has 4 aromatic rings. The highest BCUT2D eigenvalue weighted by atomic mass is 19.1. The number of hydrogen-bond acceptors (Lipinski definition) is 3. The molecule has 2 heterocycles. The summed E-state index contributed by atoms with van der Waals surface area (Å²) in [5, 5.41) is 12.5. The van der Waals surface area contributed by atoms with Crippen LogP contribution in [-0.2, 0) is 13.0 Å². The zero-order valence-corrected chi connectivity index (χ0v) is 16.0. The van der Waals surface area contributed by atoms with E-state index in [1.54, 1.807) is 23.0 Å². The Morgan fingerprint density at radius 3 is 2.86 bits per heavy atom. The molecule has 5 nitrogen and oxygen atoms in total. The van der Waals surface area contributed by atoms with Gasteiger partial charge in [-0.25, -0.2) is 13.8 Å². The minimum atomic E-state index is -0.246. The van der Waals surface area contributed by atoms with Gasteiger partial charge < -0.3 is 5.32 Å². The molecular weight excluding hydrogens is 365 g/mol. The van der Waals surface area contributed by atoms with Crippen molar-refractivity contribution in [1.82, 2.24) is 24.9 Å². The van der Waals surface area contributed by atoms with Crippen molar-refractivity contribution < 1.29 is 4.39 Å². The monoisotopic (exact) mass is 387 g/mol. The Morgan fingerprint density at radius 1 is 1.07 bits per heavy atom. The molecule has 0 aliphatic heterocycles. The first-order valence-corrected chi connectivity index (χ1v) is 9.93. The Bertz CT molecular complexity index is 1120. The van der Waals surface area contributed by atoms with E-state index >= 15 is 0 Å². The standard InChI is InChI=1S/C23H22FN5/c24-20-8-1-2-10-23(20)29-22-11-4-9-21(19(22)16-27-29)25-15-17-6-3-7-18(14-17)28-13-5-12-26-28/h1-3,5-8,10,12-14,16,21,25H,4,9,11,15H2. The zero-order valence-electron chi connectivity index (χ0n) is 16.0. The Hall–Kier alpha value is -3.25. The van der Waals surface area contributed by atoms with Gasteiger partial charge >= 0.3 is 0 Å². The van der Waals surface area contributed by atoms with Gasteiger partial charge in [-0.1, -0.05) is 24.3 Å². The summed E-state index contributed by atoms with van der Waals surface area (Å²) in [6.45, 7) is 0.754. The number of para-hydroxylation sites is 1. The van der Waals surface area contributed by atoms with Gasteiger partial charge in [-0.2, -0.15) is 10.2 Å². The lowest BCUT2D eigenvalue weighted by atomic mass is 9.92. The normalized spacial score (nSPS) is 16.0. The number of nitrogens with zero attached hydrogens (tertiary/aromatic N) is 4. The maximum absolute atomic E-state index is 14.3. The third kappa shape index (κ3) is 3.47. The SMILES string of the molecule is Fc1ccccc1-n1ncc2c1CCCC2NCc1cccc(-n2cccn2)c1. The van der Waals surface area contributed by atoms with Crippen LogP contribution in [0.15, 0.2) is 73.2 Å². The van der Waals surface area contributed by atoms with E-state index in [1.165, 1.54) is 17.2 Å². The molecule has 0 fully saturated rings. The second-order valence-corrected chi connectivity index (χ2v) is 7.36. The molecule has 1 aliphatic rings. The molecule has 1 atom stereocenters. The quantitative estimate of drug-likeness (QED) is 0.553. The molecule has 0 saturated carbocycles. The van der Waals surface area contributed by atoms with Crippen LogP contribution in [0.4, 0.5) is 4.39 Å². The third-order valence-electron chi connectivity index (χ3n) is 5.50. The van der Waals surface area contributed by atoms with Crippen molar-refractivity contribution in [2.45, 2.75) is 31.8 Å². The Morgan fingerprint density at radius 2 is 2.00 bits per heavy atom. The summed E-state index contributed by atoms with van der Waals surface area (Å²) >= 11 is 0. The number of aromatic nitrogens is 4. The first-order chi connectivity index (χ1) is 14.3. The fourth-order valence-corrected chi connectivity index (χ4v) is 4.07. The van der Waals surface area contributed by atoms with Gasteiger partial charge in [0, 0.05) is 36.2 Å². The van der Waals surface area contributed by atoms with Crippen molar-refractivity contribution >= 4 is 0 Å². The summed E-state index contributed by atoms with van der Waals surface area (Å²) in [5.74, 6) is -0.246. The highest BCUT2D eigenvalue weighted by Crippen LogP contribution is 2.31. The average molecular weight is 387 g/mol. The lowest BCUT2D eigenvalue weighted by molar-refractivity contribution is 0.454. The van der Waals surface area contributed by atoms with Crippen LogP contribution in [0.25, 0.3) is 11.4 Å². The molecule has 6 heteroatoms. The Labute approximate surface area is 168 Å². The van der Waals surface area contributed by atoms with Gasteiger partial charge in [-0.05, 0) is 55.2 Å². The second kappa shape index (κ2) is 7.64. The average Bonchev–Trinajstić information content (AvgIpc) is 3.43. The zero-order chi connectivity index (χ0) is 19.6. The van der Waals surface area contributed by atoms with Crippen LogP contribution in [0.1, 0.15) is 35.7 Å². The summed E-state index contributed by atoms with van der Waals surface area (Å²) in [4.78, 5) is 0. The molecular formula is C23H22FN5. The molecule has 5 rings (SSSR count). The molecule has 0 amide bonds. The molecule has 0 bridgehead atoms. The predicted molar refractivity (Wildman–Crippen MR) is 110 cm³/mol. The van der Waals surface area contributed by atoms with Gasteiger partial charge in [0.2, 0.25) is 0 Å². The Kier molecular flexibility index (Phi) is 4.69. The molecule has 2 aromatic heterocycles. The van der Waals surface area contributed by atoms with Gasteiger partial charge in [0.05, 0.1) is 11.9 Å². The van der Waals surface area contributed by atoms with Crippen molar-refractivity contribution in [2.24, 2.45) is 0 Å². The maximum atomic E-state index is 14.3. The van der Waals surface area contributed by atoms with E-state index < -0.39 is 0 Å². The van der Waals surface area contributed by atoms with E-state index in [0.717, 1.165) is 37.2 Å². The molecule has 1 aliphatic carbocycles. The first-order valence-electron chi connectivity index (χ1n) is 9.93. The topological polar surface area (TPSA) is 47.7 Å². The third-order valence-corrected chi connectivity index (χ3v) is 5.50. The van der Waals surface area contributed by atoms with Crippen molar-refractivity contribution in [2.75, 3.05) is 0 Å². The van der Waals surface area contributed by atoms with Crippen LogP contribution >= 0.6 is 0 Å². The van der Waals surface area contributed by atoms with Gasteiger partial charge in [-0.3, -0.25) is 0 Å². The van der Waals surface area contributed by atoms with Crippen LogP contribution in [0.2, 0.25) is 0 Å². The lowest BCUT2D eigenvalue weighted by Crippen LogP contribution is -2.25. The van der Waals surface area contributed by atoms with E-state index in [9.17, 15) is 4.39 Å². The number of fused-ring (bicyclic) bond motifs is 1. The van der Waals surface area contributed by atoms with Gasteiger partial charge in [0.1, 0.15) is 11.5 Å². The summed E-state index contributed by atoms with van der Waals surface area (Å²) in [6.07, 6.45) is 8.63. The van der Waals surface area contributed by atoms with Crippen LogP contribution in [0.5, 0.6) is 0 Å². The van der Waals surface area contributed by atoms with Crippen molar-refractivity contribution in [3.63, 3.8) is 0 Å². The fraction of sp³-hybridized carbons (Fsp3) is 0.217. The molecule has 0 spiro atoms. The summed E-state index contributed by atoms with van der Waals surface area (Å²) in [5.41, 5.74) is 5.03. The molecule has 1 N–H and O–H groups in total. The molecule has 2 aromatic carbocycles. The minimum absolute atomic E-state index is 0.215. The highest BCUT2D eigenvalue weighted by Gasteiger charge is 2.25. The van der Waals surface area contributed by atoms with Crippen LogP contribution in [0, 0.1) is 5.82 Å². The smallest absolute Gasteiger partial charge is 0.148 e. The van der Waals surface area contributed by atoms with E-state index in [0.29, 0.717) is 5.69 Å². The van der Waals surface area contributed by atoms with E-state index in [1.807, 2.05) is 35.3 Å². The van der Waals surface area contributed by atoms with Crippen LogP contribution in [-0.4, -0.2) is 19.6 Å². The van der Waals surface area contributed by atoms with Crippen molar-refractivity contribution in [1.29, 1.82) is 0 Å². The summed E-state index contributed by atoms with van der Waals surface area (Å²) < 4.78 is 17.9. The number of hydrogen-bond donors (Lipinski definition) is 1. The first kappa shape index (κ1) is 17.8. The van der Waals surface area contributed by atoms with Crippen LogP contribution in [0.3, 0.4) is 0 Å². The van der Waals surface area contributed by atoms with Gasteiger partial charge in [0.15, 0.2) is 0 Å². The molecule has 0 saturated heterocycles. The van der Waals surface area contributed by atoms with Gasteiger partial charge in [-0.15, -0.1) is 0 Å². The maximum Gasteiger partial charge on any atom is 0.148 e. The van der Waals surface area contributed by atoms with E-state index in [-0.39, 0.29) is 11.9 Å². The van der Waals surface area contributed by atoms with Gasteiger partial charge in [0.25, 0.3) is 0 Å². The summed E-state index contributed by atoms with van der Waals surface area (Å²) in [6, 6.07) is 17.3. The van der Waals surface area contributed by atoms with Crippen LogP contribution < -0.4 is 5.32 Å². The Balaban J connectivity index is 1.36. The van der Waals surface area contributed by atoms with E-state index in [4.69, 9.17) is 0 Å². The largest absolute Gasteiger partial charge is 0.306 e. The number of benzene rings is 2. The number of rotatable bonds is 5. The molecule has 29 heavy (non-hydrogen) atoms. The summed E-state index contributed by atoms with van der Waals surface area (Å²) in [7, 11) is 0. The minimum Gasteiger partial charge on any atom is -0.306 e. The van der Waals surface area contributed by atoms with E-state index in [2.05, 4.69) is 33.7 Å². The second-order valence-electron chi connectivity index (χ2n) is 7.36.